The first-order valence-corrected chi connectivity index (χ1v) is 11.1. The van der Waals surface area contributed by atoms with Crippen LogP contribution in [0.2, 0.25) is 0 Å². The molecule has 2 aromatic carbocycles. The van der Waals surface area contributed by atoms with Crippen LogP contribution in [0.1, 0.15) is 42.7 Å². The van der Waals surface area contributed by atoms with Crippen molar-refractivity contribution in [3.8, 4) is 0 Å². The number of aliphatic hydroxyl groups is 1. The molecule has 3 aromatic rings. The Morgan fingerprint density at radius 2 is 1.67 bits per heavy atom. The van der Waals surface area contributed by atoms with Gasteiger partial charge in [0.15, 0.2) is 0 Å². The quantitative estimate of drug-likeness (QED) is 0.470. The van der Waals surface area contributed by atoms with E-state index in [9.17, 15) is 5.11 Å². The van der Waals surface area contributed by atoms with Crippen LogP contribution in [0.15, 0.2) is 72.9 Å². The third-order valence-corrected chi connectivity index (χ3v) is 5.72. The first-order chi connectivity index (χ1) is 14.5. The van der Waals surface area contributed by atoms with Gasteiger partial charge in [0.1, 0.15) is 0 Å². The van der Waals surface area contributed by atoms with Crippen molar-refractivity contribution in [2.75, 3.05) is 13.1 Å². The first-order valence-electron chi connectivity index (χ1n) is 11.1. The van der Waals surface area contributed by atoms with E-state index in [1.807, 2.05) is 18.2 Å². The van der Waals surface area contributed by atoms with E-state index in [1.165, 1.54) is 22.4 Å². The van der Waals surface area contributed by atoms with Crippen LogP contribution >= 0.6 is 0 Å². The Kier molecular flexibility index (Phi) is 8.30. The van der Waals surface area contributed by atoms with Gasteiger partial charge in [-0.2, -0.15) is 0 Å². The third-order valence-electron chi connectivity index (χ3n) is 5.72. The van der Waals surface area contributed by atoms with Crippen LogP contribution < -0.4 is 0 Å². The molecule has 0 spiro atoms. The molecule has 3 nitrogen and oxygen atoms in total. The maximum absolute atomic E-state index is 10.8. The van der Waals surface area contributed by atoms with Gasteiger partial charge in [-0.1, -0.05) is 68.4 Å². The number of aryl methyl sites for hydroxylation is 1. The van der Waals surface area contributed by atoms with E-state index < -0.39 is 0 Å². The summed E-state index contributed by atoms with van der Waals surface area (Å²) in [5.74, 6) is 0.650. The van der Waals surface area contributed by atoms with Crippen molar-refractivity contribution >= 4 is 0 Å². The minimum Gasteiger partial charge on any atom is -0.391 e. The Morgan fingerprint density at radius 1 is 0.933 bits per heavy atom. The lowest BCUT2D eigenvalue weighted by Crippen LogP contribution is -2.35. The van der Waals surface area contributed by atoms with Crippen LogP contribution in [-0.2, 0) is 19.5 Å². The normalized spacial score (nSPS) is 12.6. The van der Waals surface area contributed by atoms with E-state index >= 15 is 0 Å². The maximum Gasteiger partial charge on any atom is 0.0707 e. The fraction of sp³-hybridized carbons (Fsp3) is 0.407. The van der Waals surface area contributed by atoms with Gasteiger partial charge in [0.05, 0.1) is 6.10 Å². The number of hydrogen-bond donors (Lipinski definition) is 1. The van der Waals surface area contributed by atoms with E-state index in [0.717, 1.165) is 26.1 Å². The van der Waals surface area contributed by atoms with Gasteiger partial charge in [0.25, 0.3) is 0 Å². The number of aromatic nitrogens is 1. The third kappa shape index (κ3) is 6.86. The fourth-order valence-electron chi connectivity index (χ4n) is 3.87. The molecule has 160 valence electrons. The molecule has 3 rings (SSSR count). The molecule has 1 unspecified atom stereocenters. The van der Waals surface area contributed by atoms with Crippen molar-refractivity contribution in [1.82, 2.24) is 9.47 Å². The SMILES string of the molecule is Cc1ccccc1Cn1cccc1CN(CCC(C)C)CC(O)Cc1ccccc1. The maximum atomic E-state index is 10.8. The summed E-state index contributed by atoms with van der Waals surface area (Å²) in [6.07, 6.45) is 3.64. The average Bonchev–Trinajstić information content (AvgIpc) is 3.15. The zero-order valence-corrected chi connectivity index (χ0v) is 18.7. The van der Waals surface area contributed by atoms with Gasteiger partial charge < -0.3 is 9.67 Å². The number of nitrogens with zero attached hydrogens (tertiary/aromatic N) is 2. The van der Waals surface area contributed by atoms with Crippen molar-refractivity contribution in [3.05, 3.63) is 95.3 Å². The summed E-state index contributed by atoms with van der Waals surface area (Å²) in [5, 5.41) is 10.8. The molecule has 0 bridgehead atoms. The lowest BCUT2D eigenvalue weighted by molar-refractivity contribution is 0.104. The minimum atomic E-state index is -0.362. The predicted octanol–water partition coefficient (Wildman–Crippen LogP) is 5.30. The lowest BCUT2D eigenvalue weighted by Gasteiger charge is -2.26. The topological polar surface area (TPSA) is 28.4 Å². The summed E-state index contributed by atoms with van der Waals surface area (Å²) in [6.45, 7) is 10.1. The second kappa shape index (κ2) is 11.1. The number of rotatable bonds is 11. The summed E-state index contributed by atoms with van der Waals surface area (Å²) in [7, 11) is 0. The minimum absolute atomic E-state index is 0.362. The predicted molar refractivity (Wildman–Crippen MR) is 126 cm³/mol. The standard InChI is InChI=1S/C27H36N2O/c1-22(2)15-17-28(21-27(30)18-24-11-5-4-6-12-24)20-26-14-9-16-29(26)19-25-13-8-7-10-23(25)3/h4-14,16,22,27,30H,15,17-21H2,1-3H3. The molecule has 0 radical (unpaired) electrons. The van der Waals surface area contributed by atoms with E-state index in [2.05, 4.69) is 85.0 Å². The van der Waals surface area contributed by atoms with Gasteiger partial charge in [-0.25, -0.2) is 0 Å². The van der Waals surface area contributed by atoms with Crippen LogP contribution in [-0.4, -0.2) is 33.8 Å². The molecule has 3 heteroatoms. The highest BCUT2D eigenvalue weighted by molar-refractivity contribution is 5.26. The number of aliphatic hydroxyl groups excluding tert-OH is 1. The van der Waals surface area contributed by atoms with E-state index in [-0.39, 0.29) is 6.10 Å². The Balaban J connectivity index is 1.67. The lowest BCUT2D eigenvalue weighted by atomic mass is 10.1. The second-order valence-electron chi connectivity index (χ2n) is 8.82. The summed E-state index contributed by atoms with van der Waals surface area (Å²) in [5.41, 5.74) is 5.17. The number of benzene rings is 2. The molecular formula is C27H36N2O. The molecule has 0 saturated carbocycles. The van der Waals surface area contributed by atoms with E-state index in [1.54, 1.807) is 0 Å². The molecule has 0 saturated heterocycles. The van der Waals surface area contributed by atoms with Crippen LogP contribution in [0, 0.1) is 12.8 Å². The van der Waals surface area contributed by atoms with Crippen LogP contribution in [0.3, 0.4) is 0 Å². The van der Waals surface area contributed by atoms with Crippen LogP contribution in [0.25, 0.3) is 0 Å². The van der Waals surface area contributed by atoms with Crippen molar-refractivity contribution in [3.63, 3.8) is 0 Å². The van der Waals surface area contributed by atoms with Crippen LogP contribution in [0.5, 0.6) is 0 Å². The molecule has 1 atom stereocenters. The van der Waals surface area contributed by atoms with Crippen molar-refractivity contribution < 1.29 is 5.11 Å². The number of hydrogen-bond acceptors (Lipinski definition) is 2. The molecule has 1 aromatic heterocycles. The van der Waals surface area contributed by atoms with Crippen molar-refractivity contribution in [2.24, 2.45) is 5.92 Å². The van der Waals surface area contributed by atoms with Gasteiger partial charge in [0, 0.05) is 31.5 Å². The molecule has 0 aliphatic rings. The molecule has 30 heavy (non-hydrogen) atoms. The average molecular weight is 405 g/mol. The van der Waals surface area contributed by atoms with Gasteiger partial charge in [-0.15, -0.1) is 0 Å². The van der Waals surface area contributed by atoms with Gasteiger partial charge in [-0.05, 0) is 61.1 Å². The van der Waals surface area contributed by atoms with Crippen LogP contribution in [0.4, 0.5) is 0 Å². The molecule has 0 aliphatic carbocycles. The van der Waals surface area contributed by atoms with E-state index in [0.29, 0.717) is 18.9 Å². The summed E-state index contributed by atoms with van der Waals surface area (Å²) < 4.78 is 2.34. The fourth-order valence-corrected chi connectivity index (χ4v) is 3.87. The van der Waals surface area contributed by atoms with Crippen molar-refractivity contribution in [1.29, 1.82) is 0 Å². The van der Waals surface area contributed by atoms with Gasteiger partial charge in [0.2, 0.25) is 0 Å². The molecule has 0 fully saturated rings. The van der Waals surface area contributed by atoms with Gasteiger partial charge in [-0.3, -0.25) is 4.90 Å². The second-order valence-corrected chi connectivity index (χ2v) is 8.82. The Morgan fingerprint density at radius 3 is 2.40 bits per heavy atom. The molecule has 1 heterocycles. The molecule has 0 amide bonds. The molecule has 0 aliphatic heterocycles. The monoisotopic (exact) mass is 404 g/mol. The summed E-state index contributed by atoms with van der Waals surface area (Å²) in [4.78, 5) is 2.41. The smallest absolute Gasteiger partial charge is 0.0707 e. The van der Waals surface area contributed by atoms with E-state index in [4.69, 9.17) is 0 Å². The Labute approximate surface area is 182 Å². The summed E-state index contributed by atoms with van der Waals surface area (Å²) in [6, 6.07) is 23.2. The zero-order valence-electron chi connectivity index (χ0n) is 18.7. The Hall–Kier alpha value is -2.36. The summed E-state index contributed by atoms with van der Waals surface area (Å²) >= 11 is 0. The highest BCUT2D eigenvalue weighted by Crippen LogP contribution is 2.15. The highest BCUT2D eigenvalue weighted by Gasteiger charge is 2.15. The highest BCUT2D eigenvalue weighted by atomic mass is 16.3. The van der Waals surface area contributed by atoms with Crippen molar-refractivity contribution in [2.45, 2.75) is 52.8 Å². The van der Waals surface area contributed by atoms with Gasteiger partial charge >= 0.3 is 0 Å². The Bertz CT molecular complexity index is 885. The zero-order chi connectivity index (χ0) is 21.3. The largest absolute Gasteiger partial charge is 0.391 e. The first kappa shape index (κ1) is 22.3. The molecule has 1 N–H and O–H groups in total. The molecular weight excluding hydrogens is 368 g/mol.